The second-order valence-electron chi connectivity index (χ2n) is 6.90. The van der Waals surface area contributed by atoms with Crippen LogP contribution in [0.15, 0.2) is 16.9 Å². The molecule has 2 aliphatic rings. The first-order valence-corrected chi connectivity index (χ1v) is 8.67. The van der Waals surface area contributed by atoms with Crippen LogP contribution >= 0.6 is 0 Å². The van der Waals surface area contributed by atoms with Gasteiger partial charge < -0.3 is 4.90 Å². The number of carbonyl (C=O) groups excluding carboxylic acids is 1. The third kappa shape index (κ3) is 3.47. The minimum atomic E-state index is -0.190. The van der Waals surface area contributed by atoms with E-state index in [1.807, 2.05) is 0 Å². The molecule has 0 aliphatic carbocycles. The largest absolute Gasteiger partial charge is 0.336 e. The summed E-state index contributed by atoms with van der Waals surface area (Å²) >= 11 is 0. The number of amides is 1. The second kappa shape index (κ2) is 6.83. The molecule has 126 valence electrons. The summed E-state index contributed by atoms with van der Waals surface area (Å²) < 4.78 is 0. The molecule has 23 heavy (non-hydrogen) atoms. The standard InChI is InChI=1S/C17H26N4O2/c1-12-5-3-6-13(2)21(12)17(23)11-20-10-4-7-15(20)14-8-9-16(22)19-18-14/h8-9,12-13,15H,3-7,10-11H2,1-2H3,(H,19,22). The summed E-state index contributed by atoms with van der Waals surface area (Å²) in [6.07, 6.45) is 5.45. The number of carbonyl (C=O) groups is 1. The first kappa shape index (κ1) is 16.2. The van der Waals surface area contributed by atoms with Crippen molar-refractivity contribution in [3.05, 3.63) is 28.2 Å². The van der Waals surface area contributed by atoms with Gasteiger partial charge in [-0.1, -0.05) is 0 Å². The van der Waals surface area contributed by atoms with E-state index in [0.717, 1.165) is 37.9 Å². The summed E-state index contributed by atoms with van der Waals surface area (Å²) in [5, 5.41) is 6.66. The molecule has 3 rings (SSSR count). The van der Waals surface area contributed by atoms with Gasteiger partial charge in [-0.2, -0.15) is 5.10 Å². The Kier molecular flexibility index (Phi) is 4.80. The maximum Gasteiger partial charge on any atom is 0.264 e. The summed E-state index contributed by atoms with van der Waals surface area (Å²) in [4.78, 5) is 28.3. The average Bonchev–Trinajstić information content (AvgIpc) is 2.96. The number of hydrogen-bond acceptors (Lipinski definition) is 4. The van der Waals surface area contributed by atoms with Crippen molar-refractivity contribution in [3.8, 4) is 0 Å². The van der Waals surface area contributed by atoms with Crippen LogP contribution in [-0.4, -0.2) is 51.1 Å². The SMILES string of the molecule is CC1CCCC(C)N1C(=O)CN1CCCC1c1ccc(=O)[nH]n1. The van der Waals surface area contributed by atoms with Crippen LogP contribution in [0.5, 0.6) is 0 Å². The van der Waals surface area contributed by atoms with E-state index < -0.39 is 0 Å². The summed E-state index contributed by atoms with van der Waals surface area (Å²) in [7, 11) is 0. The normalized spacial score (nSPS) is 29.0. The Bertz CT molecular complexity index is 584. The second-order valence-corrected chi connectivity index (χ2v) is 6.90. The number of aromatic nitrogens is 2. The summed E-state index contributed by atoms with van der Waals surface area (Å²) in [6.45, 7) is 5.66. The molecule has 0 radical (unpaired) electrons. The van der Waals surface area contributed by atoms with Crippen LogP contribution in [0.4, 0.5) is 0 Å². The summed E-state index contributed by atoms with van der Waals surface area (Å²) in [5.41, 5.74) is 0.667. The van der Waals surface area contributed by atoms with Crippen molar-refractivity contribution in [1.82, 2.24) is 20.0 Å². The molecule has 6 nitrogen and oxygen atoms in total. The smallest absolute Gasteiger partial charge is 0.264 e. The molecule has 1 N–H and O–H groups in total. The number of rotatable bonds is 3. The van der Waals surface area contributed by atoms with Crippen LogP contribution < -0.4 is 5.56 Å². The van der Waals surface area contributed by atoms with E-state index in [1.54, 1.807) is 6.07 Å². The van der Waals surface area contributed by atoms with Crippen LogP contribution in [0.3, 0.4) is 0 Å². The molecule has 1 aromatic rings. The van der Waals surface area contributed by atoms with Gasteiger partial charge in [-0.05, 0) is 58.6 Å². The molecule has 3 heterocycles. The molecule has 0 spiro atoms. The quantitative estimate of drug-likeness (QED) is 0.921. The molecule has 3 atom stereocenters. The van der Waals surface area contributed by atoms with Crippen molar-refractivity contribution in [2.45, 2.75) is 64.1 Å². The van der Waals surface area contributed by atoms with Gasteiger partial charge in [-0.25, -0.2) is 5.10 Å². The number of nitrogens with one attached hydrogen (secondary N) is 1. The molecule has 2 fully saturated rings. The lowest BCUT2D eigenvalue weighted by molar-refractivity contribution is -0.138. The van der Waals surface area contributed by atoms with Crippen LogP contribution in [-0.2, 0) is 4.79 Å². The number of nitrogens with zero attached hydrogens (tertiary/aromatic N) is 3. The first-order chi connectivity index (χ1) is 11.1. The maximum absolute atomic E-state index is 12.8. The highest BCUT2D eigenvalue weighted by molar-refractivity contribution is 5.79. The molecule has 0 saturated carbocycles. The van der Waals surface area contributed by atoms with Gasteiger partial charge in [0.05, 0.1) is 18.3 Å². The molecule has 6 heteroatoms. The minimum Gasteiger partial charge on any atom is -0.336 e. The van der Waals surface area contributed by atoms with Gasteiger partial charge >= 0.3 is 0 Å². The van der Waals surface area contributed by atoms with Gasteiger partial charge in [-0.3, -0.25) is 14.5 Å². The Hall–Kier alpha value is -1.69. The lowest BCUT2D eigenvalue weighted by Gasteiger charge is -2.40. The molecule has 2 saturated heterocycles. The van der Waals surface area contributed by atoms with Gasteiger partial charge in [0, 0.05) is 18.2 Å². The fourth-order valence-corrected chi connectivity index (χ4v) is 4.06. The van der Waals surface area contributed by atoms with Crippen LogP contribution in [0.2, 0.25) is 0 Å². The lowest BCUT2D eigenvalue weighted by atomic mass is 9.97. The Morgan fingerprint density at radius 3 is 2.61 bits per heavy atom. The molecule has 3 unspecified atom stereocenters. The zero-order valence-electron chi connectivity index (χ0n) is 14.0. The van der Waals surface area contributed by atoms with Crippen LogP contribution in [0.1, 0.15) is 57.7 Å². The highest BCUT2D eigenvalue weighted by atomic mass is 16.2. The third-order valence-electron chi connectivity index (χ3n) is 5.23. The monoisotopic (exact) mass is 318 g/mol. The molecule has 0 bridgehead atoms. The van der Waals surface area contributed by atoms with Gasteiger partial charge in [0.25, 0.3) is 5.56 Å². The lowest BCUT2D eigenvalue weighted by Crippen LogP contribution is -2.51. The van der Waals surface area contributed by atoms with E-state index >= 15 is 0 Å². The summed E-state index contributed by atoms with van der Waals surface area (Å²) in [6, 6.07) is 4.08. The van der Waals surface area contributed by atoms with E-state index in [0.29, 0.717) is 18.6 Å². The Morgan fingerprint density at radius 2 is 1.96 bits per heavy atom. The number of H-pyrrole nitrogens is 1. The van der Waals surface area contributed by atoms with Gasteiger partial charge in [0.15, 0.2) is 0 Å². The van der Waals surface area contributed by atoms with E-state index in [2.05, 4.69) is 33.8 Å². The highest BCUT2D eigenvalue weighted by Gasteiger charge is 2.33. The van der Waals surface area contributed by atoms with E-state index in [9.17, 15) is 9.59 Å². The van der Waals surface area contributed by atoms with Gasteiger partial charge in [0.1, 0.15) is 0 Å². The fraction of sp³-hybridized carbons (Fsp3) is 0.706. The Morgan fingerprint density at radius 1 is 1.22 bits per heavy atom. The van der Waals surface area contributed by atoms with E-state index in [-0.39, 0.29) is 17.5 Å². The van der Waals surface area contributed by atoms with Crippen LogP contribution in [0, 0.1) is 0 Å². The number of aromatic amines is 1. The molecule has 0 aromatic carbocycles. The van der Waals surface area contributed by atoms with Gasteiger partial charge in [0.2, 0.25) is 5.91 Å². The predicted octanol–water partition coefficient (Wildman–Crippen LogP) is 1.70. The summed E-state index contributed by atoms with van der Waals surface area (Å²) in [5.74, 6) is 0.223. The number of likely N-dealkylation sites (tertiary alicyclic amines) is 2. The molecule has 1 aromatic heterocycles. The third-order valence-corrected chi connectivity index (χ3v) is 5.23. The maximum atomic E-state index is 12.8. The van der Waals surface area contributed by atoms with Crippen molar-refractivity contribution in [2.75, 3.05) is 13.1 Å². The van der Waals surface area contributed by atoms with E-state index in [1.165, 1.54) is 12.5 Å². The van der Waals surface area contributed by atoms with Crippen molar-refractivity contribution in [1.29, 1.82) is 0 Å². The first-order valence-electron chi connectivity index (χ1n) is 8.67. The molecule has 2 aliphatic heterocycles. The zero-order chi connectivity index (χ0) is 16.4. The van der Waals surface area contributed by atoms with Gasteiger partial charge in [-0.15, -0.1) is 0 Å². The zero-order valence-corrected chi connectivity index (χ0v) is 14.0. The highest BCUT2D eigenvalue weighted by Crippen LogP contribution is 2.31. The van der Waals surface area contributed by atoms with Crippen molar-refractivity contribution in [3.63, 3.8) is 0 Å². The molecule has 1 amide bonds. The van der Waals surface area contributed by atoms with Crippen molar-refractivity contribution < 1.29 is 4.79 Å². The minimum absolute atomic E-state index is 0.131. The van der Waals surface area contributed by atoms with Crippen molar-refractivity contribution >= 4 is 5.91 Å². The van der Waals surface area contributed by atoms with E-state index in [4.69, 9.17) is 0 Å². The topological polar surface area (TPSA) is 69.3 Å². The number of piperidine rings is 1. The number of hydrogen-bond donors (Lipinski definition) is 1. The van der Waals surface area contributed by atoms with Crippen LogP contribution in [0.25, 0.3) is 0 Å². The Labute approximate surface area is 136 Å². The fourth-order valence-electron chi connectivity index (χ4n) is 4.06. The van der Waals surface area contributed by atoms with Crippen molar-refractivity contribution in [2.24, 2.45) is 0 Å². The average molecular weight is 318 g/mol. The molecular formula is C17H26N4O2. The predicted molar refractivity (Wildman–Crippen MR) is 88.0 cm³/mol. The molecular weight excluding hydrogens is 292 g/mol. The Balaban J connectivity index is 1.69.